The van der Waals surface area contributed by atoms with Crippen LogP contribution in [-0.4, -0.2) is 23.1 Å². The van der Waals surface area contributed by atoms with Gasteiger partial charge < -0.3 is 10.6 Å². The molecule has 16 heavy (non-hydrogen) atoms. The van der Waals surface area contributed by atoms with E-state index in [4.69, 9.17) is 0 Å². The van der Waals surface area contributed by atoms with Gasteiger partial charge in [-0.15, -0.1) is 0 Å². The van der Waals surface area contributed by atoms with Crippen molar-refractivity contribution in [3.63, 3.8) is 0 Å². The molecule has 1 unspecified atom stereocenters. The largest absolute Gasteiger partial charge is 0.372 e. The molecule has 1 saturated carbocycles. The van der Waals surface area contributed by atoms with Gasteiger partial charge in [-0.2, -0.15) is 0 Å². The van der Waals surface area contributed by atoms with E-state index in [-0.39, 0.29) is 0 Å². The van der Waals surface area contributed by atoms with Gasteiger partial charge in [-0.3, -0.25) is 4.98 Å². The highest BCUT2D eigenvalue weighted by Crippen LogP contribution is 2.34. The summed E-state index contributed by atoms with van der Waals surface area (Å²) < 4.78 is 0. The lowest BCUT2D eigenvalue weighted by atomic mass is 10.1. The predicted molar refractivity (Wildman–Crippen MR) is 66.6 cm³/mol. The molecule has 4 nitrogen and oxygen atoms in total. The fourth-order valence-corrected chi connectivity index (χ4v) is 1.85. The van der Waals surface area contributed by atoms with Crippen molar-refractivity contribution < 1.29 is 0 Å². The smallest absolute Gasteiger partial charge is 0.147 e. The van der Waals surface area contributed by atoms with Crippen LogP contribution < -0.4 is 10.6 Å². The number of aromatic nitrogens is 2. The summed E-state index contributed by atoms with van der Waals surface area (Å²) in [5.74, 6) is 2.63. The lowest BCUT2D eigenvalue weighted by molar-refractivity contribution is 0.585. The van der Waals surface area contributed by atoms with Crippen molar-refractivity contribution in [2.75, 3.05) is 17.7 Å². The highest BCUT2D eigenvalue weighted by molar-refractivity contribution is 5.41. The van der Waals surface area contributed by atoms with Crippen molar-refractivity contribution in [3.05, 3.63) is 12.4 Å². The second-order valence-electron chi connectivity index (χ2n) is 4.47. The van der Waals surface area contributed by atoms with E-state index >= 15 is 0 Å². The summed E-state index contributed by atoms with van der Waals surface area (Å²) >= 11 is 0. The molecule has 88 valence electrons. The third-order valence-corrected chi connectivity index (χ3v) is 3.05. The molecule has 0 bridgehead atoms. The Bertz CT molecular complexity index is 336. The Kier molecular flexibility index (Phi) is 3.59. The van der Waals surface area contributed by atoms with Gasteiger partial charge >= 0.3 is 0 Å². The molecule has 4 heteroatoms. The van der Waals surface area contributed by atoms with Crippen LogP contribution in [-0.2, 0) is 0 Å². The SMILES string of the molecule is CCC(CC1CC1)Nc1cncc(NC)n1. The zero-order valence-electron chi connectivity index (χ0n) is 10.0. The molecule has 2 N–H and O–H groups in total. The van der Waals surface area contributed by atoms with Crippen molar-refractivity contribution in [2.24, 2.45) is 5.92 Å². The fourth-order valence-electron chi connectivity index (χ4n) is 1.85. The van der Waals surface area contributed by atoms with Gasteiger partial charge in [0.25, 0.3) is 0 Å². The normalized spacial score (nSPS) is 16.9. The standard InChI is InChI=1S/C12H20N4/c1-3-10(6-9-4-5-9)15-12-8-14-7-11(13-2)16-12/h7-10H,3-6H2,1-2H3,(H2,13,15,16). The molecule has 1 fully saturated rings. The number of hydrogen-bond acceptors (Lipinski definition) is 4. The first-order chi connectivity index (χ1) is 7.81. The Balaban J connectivity index is 1.94. The van der Waals surface area contributed by atoms with Gasteiger partial charge in [-0.1, -0.05) is 19.8 Å². The first-order valence-electron chi connectivity index (χ1n) is 6.08. The highest BCUT2D eigenvalue weighted by Gasteiger charge is 2.24. The summed E-state index contributed by atoms with van der Waals surface area (Å²) in [6, 6.07) is 0.536. The maximum atomic E-state index is 4.42. The third-order valence-electron chi connectivity index (χ3n) is 3.05. The van der Waals surface area contributed by atoms with Crippen molar-refractivity contribution in [1.29, 1.82) is 0 Å². The molecule has 1 aliphatic carbocycles. The monoisotopic (exact) mass is 220 g/mol. The van der Waals surface area contributed by atoms with Gasteiger partial charge in [0.1, 0.15) is 11.6 Å². The van der Waals surface area contributed by atoms with Crippen molar-refractivity contribution >= 4 is 11.6 Å². The summed E-state index contributed by atoms with van der Waals surface area (Å²) in [6.45, 7) is 2.22. The number of rotatable bonds is 6. The van der Waals surface area contributed by atoms with E-state index in [0.29, 0.717) is 6.04 Å². The van der Waals surface area contributed by atoms with Crippen LogP contribution in [0.4, 0.5) is 11.6 Å². The molecule has 1 atom stereocenters. The van der Waals surface area contributed by atoms with Crippen LogP contribution in [0.15, 0.2) is 12.4 Å². The third kappa shape index (κ3) is 3.08. The highest BCUT2D eigenvalue weighted by atomic mass is 15.1. The van der Waals surface area contributed by atoms with Gasteiger partial charge in [0.15, 0.2) is 0 Å². The van der Waals surface area contributed by atoms with Crippen molar-refractivity contribution in [2.45, 2.75) is 38.6 Å². The van der Waals surface area contributed by atoms with Crippen LogP contribution in [0.1, 0.15) is 32.6 Å². The Morgan fingerprint density at radius 2 is 2.12 bits per heavy atom. The lowest BCUT2D eigenvalue weighted by Gasteiger charge is -2.17. The van der Waals surface area contributed by atoms with Crippen LogP contribution in [0, 0.1) is 5.92 Å². The zero-order valence-corrected chi connectivity index (χ0v) is 10.0. The van der Waals surface area contributed by atoms with Gasteiger partial charge in [-0.25, -0.2) is 4.98 Å². The van der Waals surface area contributed by atoms with E-state index in [1.807, 2.05) is 7.05 Å². The molecule has 0 amide bonds. The summed E-state index contributed by atoms with van der Waals surface area (Å²) in [7, 11) is 1.86. The minimum Gasteiger partial charge on any atom is -0.372 e. The average Bonchev–Trinajstić information content (AvgIpc) is 3.12. The quantitative estimate of drug-likeness (QED) is 0.773. The maximum absolute atomic E-state index is 4.42. The molecule has 1 heterocycles. The molecule has 0 radical (unpaired) electrons. The number of anilines is 2. The number of nitrogens with zero attached hydrogens (tertiary/aromatic N) is 2. The Labute approximate surface area is 96.9 Å². The molecular weight excluding hydrogens is 200 g/mol. The van der Waals surface area contributed by atoms with Gasteiger partial charge in [0, 0.05) is 13.1 Å². The molecule has 0 saturated heterocycles. The molecule has 1 aliphatic rings. The van der Waals surface area contributed by atoms with Crippen molar-refractivity contribution in [1.82, 2.24) is 9.97 Å². The molecule has 0 aromatic carbocycles. The summed E-state index contributed by atoms with van der Waals surface area (Å²) in [4.78, 5) is 8.57. The van der Waals surface area contributed by atoms with Crippen LogP contribution in [0.3, 0.4) is 0 Å². The number of nitrogens with one attached hydrogen (secondary N) is 2. The van der Waals surface area contributed by atoms with E-state index in [2.05, 4.69) is 27.5 Å². The minimum absolute atomic E-state index is 0.536. The van der Waals surface area contributed by atoms with Crippen LogP contribution >= 0.6 is 0 Å². The second kappa shape index (κ2) is 5.14. The van der Waals surface area contributed by atoms with E-state index < -0.39 is 0 Å². The average molecular weight is 220 g/mol. The molecule has 1 aromatic heterocycles. The maximum Gasteiger partial charge on any atom is 0.147 e. The van der Waals surface area contributed by atoms with Crippen LogP contribution in [0.25, 0.3) is 0 Å². The molecule has 0 spiro atoms. The summed E-state index contributed by atoms with van der Waals surface area (Å²) in [5, 5.41) is 6.46. The Hall–Kier alpha value is -1.32. The molecule has 0 aliphatic heterocycles. The molecular formula is C12H20N4. The van der Waals surface area contributed by atoms with Crippen molar-refractivity contribution in [3.8, 4) is 0 Å². The van der Waals surface area contributed by atoms with E-state index in [0.717, 1.165) is 24.0 Å². The predicted octanol–water partition coefficient (Wildman–Crippen LogP) is 2.51. The topological polar surface area (TPSA) is 49.8 Å². The Morgan fingerprint density at radius 3 is 2.75 bits per heavy atom. The lowest BCUT2D eigenvalue weighted by Crippen LogP contribution is -2.20. The van der Waals surface area contributed by atoms with E-state index in [1.165, 1.54) is 19.3 Å². The summed E-state index contributed by atoms with van der Waals surface area (Å²) in [6.07, 6.45) is 8.73. The minimum atomic E-state index is 0.536. The van der Waals surface area contributed by atoms with Gasteiger partial charge in [-0.05, 0) is 18.8 Å². The first-order valence-corrected chi connectivity index (χ1v) is 6.08. The van der Waals surface area contributed by atoms with E-state index in [9.17, 15) is 0 Å². The van der Waals surface area contributed by atoms with E-state index in [1.54, 1.807) is 12.4 Å². The molecule has 2 rings (SSSR count). The zero-order chi connectivity index (χ0) is 11.4. The second-order valence-corrected chi connectivity index (χ2v) is 4.47. The molecule has 1 aromatic rings. The van der Waals surface area contributed by atoms with Gasteiger partial charge in [0.2, 0.25) is 0 Å². The fraction of sp³-hybridized carbons (Fsp3) is 0.667. The van der Waals surface area contributed by atoms with Crippen LogP contribution in [0.2, 0.25) is 0 Å². The first kappa shape index (κ1) is 11.2. The van der Waals surface area contributed by atoms with Crippen LogP contribution in [0.5, 0.6) is 0 Å². The van der Waals surface area contributed by atoms with Gasteiger partial charge in [0.05, 0.1) is 12.4 Å². The summed E-state index contributed by atoms with van der Waals surface area (Å²) in [5.41, 5.74) is 0. The number of hydrogen-bond donors (Lipinski definition) is 2. The Morgan fingerprint density at radius 1 is 1.38 bits per heavy atom.